The highest BCUT2D eigenvalue weighted by Gasteiger charge is 2.31. The van der Waals surface area contributed by atoms with Gasteiger partial charge in [0.2, 0.25) is 0 Å². The van der Waals surface area contributed by atoms with Gasteiger partial charge in [-0.2, -0.15) is 0 Å². The summed E-state index contributed by atoms with van der Waals surface area (Å²) in [6, 6.07) is 5.94. The number of nitrogens with one attached hydrogen (secondary N) is 1. The average molecular weight is 341 g/mol. The lowest BCUT2D eigenvalue weighted by Crippen LogP contribution is -2.42. The molecule has 1 aromatic heterocycles. The maximum atomic E-state index is 12.2. The molecule has 1 heterocycles. The third kappa shape index (κ3) is 3.96. The fourth-order valence-corrected chi connectivity index (χ4v) is 2.40. The van der Waals surface area contributed by atoms with Gasteiger partial charge in [0.05, 0.1) is 11.8 Å². The largest absolute Gasteiger partial charge is 0.478 e. The van der Waals surface area contributed by atoms with Crippen molar-refractivity contribution >= 4 is 39.9 Å². The molecule has 0 aliphatic heterocycles. The predicted octanol–water partition coefficient (Wildman–Crippen LogP) is 3.29. The number of nitrogens with zero attached hydrogens (tertiary/aromatic N) is 1. The van der Waals surface area contributed by atoms with Crippen molar-refractivity contribution in [3.05, 3.63) is 40.4 Å². The van der Waals surface area contributed by atoms with E-state index in [0.29, 0.717) is 9.47 Å². The summed E-state index contributed by atoms with van der Waals surface area (Å²) in [5.41, 5.74) is -1.13. The van der Waals surface area contributed by atoms with Gasteiger partial charge in [0.15, 0.2) is 10.7 Å². The second kappa shape index (κ2) is 6.33. The Morgan fingerprint density at radius 2 is 2.14 bits per heavy atom. The summed E-state index contributed by atoms with van der Waals surface area (Å²) < 4.78 is 6.06. The molecule has 0 radical (unpaired) electrons. The van der Waals surface area contributed by atoms with Gasteiger partial charge in [0, 0.05) is 0 Å². The Kier molecular flexibility index (Phi) is 4.68. The number of benzene rings is 1. The van der Waals surface area contributed by atoms with E-state index in [1.165, 1.54) is 18.3 Å². The van der Waals surface area contributed by atoms with Crippen molar-refractivity contribution in [1.29, 1.82) is 0 Å². The van der Waals surface area contributed by atoms with E-state index in [-0.39, 0.29) is 11.3 Å². The van der Waals surface area contributed by atoms with Gasteiger partial charge < -0.3 is 9.84 Å². The van der Waals surface area contributed by atoms with E-state index in [9.17, 15) is 9.59 Å². The molecule has 0 saturated heterocycles. The summed E-state index contributed by atoms with van der Waals surface area (Å²) in [5.74, 6) is -1.19. The minimum absolute atomic E-state index is 0.0837. The number of aromatic carboxylic acids is 1. The number of anilines is 1. The lowest BCUT2D eigenvalue weighted by atomic mass is 10.1. The number of carboxylic acids is 1. The number of ether oxygens (including phenoxy) is 1. The fourth-order valence-electron chi connectivity index (χ4n) is 1.59. The zero-order valence-corrected chi connectivity index (χ0v) is 13.4. The van der Waals surface area contributed by atoms with Crippen LogP contribution < -0.4 is 10.1 Å². The van der Waals surface area contributed by atoms with Crippen LogP contribution in [-0.2, 0) is 4.79 Å². The van der Waals surface area contributed by atoms with Crippen LogP contribution >= 0.6 is 22.9 Å². The number of hydrogen-bond donors (Lipinski definition) is 2. The minimum Gasteiger partial charge on any atom is -0.478 e. The molecule has 116 valence electrons. The molecule has 2 N–H and O–H groups in total. The number of aromatic nitrogens is 1. The first-order valence-corrected chi connectivity index (χ1v) is 7.42. The Morgan fingerprint density at radius 1 is 1.41 bits per heavy atom. The molecule has 1 amide bonds. The van der Waals surface area contributed by atoms with E-state index in [2.05, 4.69) is 10.3 Å². The molecule has 0 aliphatic rings. The number of carbonyl (C=O) groups is 2. The molecule has 8 heteroatoms. The SMILES string of the molecule is CC(C)(Oc1cccc(C(=O)O)c1)C(=O)Nc1ncc(Cl)s1. The van der Waals surface area contributed by atoms with E-state index in [1.54, 1.807) is 26.0 Å². The van der Waals surface area contributed by atoms with Gasteiger partial charge in [-0.25, -0.2) is 9.78 Å². The van der Waals surface area contributed by atoms with Gasteiger partial charge in [0.1, 0.15) is 10.1 Å². The van der Waals surface area contributed by atoms with Gasteiger partial charge in [-0.1, -0.05) is 29.0 Å². The van der Waals surface area contributed by atoms with Crippen LogP contribution in [0.15, 0.2) is 30.5 Å². The first-order valence-electron chi connectivity index (χ1n) is 6.23. The third-order valence-electron chi connectivity index (χ3n) is 2.70. The number of hydrogen-bond acceptors (Lipinski definition) is 5. The van der Waals surface area contributed by atoms with Crippen LogP contribution in [0.5, 0.6) is 5.75 Å². The summed E-state index contributed by atoms with van der Waals surface area (Å²) >= 11 is 6.89. The monoisotopic (exact) mass is 340 g/mol. The molecular formula is C14H13ClN2O4S. The van der Waals surface area contributed by atoms with Crippen molar-refractivity contribution in [3.8, 4) is 5.75 Å². The summed E-state index contributed by atoms with van der Waals surface area (Å²) in [7, 11) is 0. The number of halogens is 1. The maximum absolute atomic E-state index is 12.2. The van der Waals surface area contributed by atoms with Gasteiger partial charge in [-0.3, -0.25) is 10.1 Å². The number of amides is 1. The van der Waals surface area contributed by atoms with Gasteiger partial charge >= 0.3 is 5.97 Å². The van der Waals surface area contributed by atoms with Crippen LogP contribution in [0.4, 0.5) is 5.13 Å². The van der Waals surface area contributed by atoms with E-state index < -0.39 is 17.5 Å². The summed E-state index contributed by atoms with van der Waals surface area (Å²) in [6.07, 6.45) is 1.44. The normalized spacial score (nSPS) is 11.0. The molecule has 0 spiro atoms. The first kappa shape index (κ1) is 16.3. The standard InChI is InChI=1S/C14H13ClN2O4S/c1-14(2,12(20)17-13-16-7-10(15)22-13)21-9-5-3-4-8(6-9)11(18)19/h3-7H,1-2H3,(H,18,19)(H,16,17,20). The molecule has 2 rings (SSSR count). The summed E-state index contributed by atoms with van der Waals surface area (Å²) in [5, 5.41) is 11.9. The van der Waals surface area contributed by atoms with Crippen LogP contribution in [0.1, 0.15) is 24.2 Å². The quantitative estimate of drug-likeness (QED) is 0.871. The van der Waals surface area contributed by atoms with Crippen LogP contribution in [0.3, 0.4) is 0 Å². The summed E-state index contributed by atoms with van der Waals surface area (Å²) in [4.78, 5) is 27.1. The Bertz CT molecular complexity index is 714. The van der Waals surface area contributed by atoms with Crippen LogP contribution in [0, 0.1) is 0 Å². The van der Waals surface area contributed by atoms with Crippen LogP contribution in [-0.4, -0.2) is 27.6 Å². The smallest absolute Gasteiger partial charge is 0.335 e. The Balaban J connectivity index is 2.11. The second-order valence-corrected chi connectivity index (χ2v) is 6.53. The van der Waals surface area contributed by atoms with Crippen molar-refractivity contribution in [3.63, 3.8) is 0 Å². The molecule has 1 aromatic carbocycles. The van der Waals surface area contributed by atoms with Crippen molar-refractivity contribution in [2.75, 3.05) is 5.32 Å². The highest BCUT2D eigenvalue weighted by Crippen LogP contribution is 2.25. The first-order chi connectivity index (χ1) is 10.3. The minimum atomic E-state index is -1.21. The zero-order valence-electron chi connectivity index (χ0n) is 11.8. The Morgan fingerprint density at radius 3 is 2.73 bits per heavy atom. The topological polar surface area (TPSA) is 88.5 Å². The van der Waals surface area contributed by atoms with Crippen molar-refractivity contribution in [2.24, 2.45) is 0 Å². The van der Waals surface area contributed by atoms with Gasteiger partial charge in [0.25, 0.3) is 5.91 Å². The molecule has 2 aromatic rings. The summed E-state index contributed by atoms with van der Waals surface area (Å²) in [6.45, 7) is 3.15. The lowest BCUT2D eigenvalue weighted by molar-refractivity contribution is -0.128. The fraction of sp³-hybridized carbons (Fsp3) is 0.214. The number of carboxylic acid groups (broad SMARTS) is 1. The lowest BCUT2D eigenvalue weighted by Gasteiger charge is -2.24. The molecule has 0 fully saturated rings. The molecule has 0 aliphatic carbocycles. The molecule has 6 nitrogen and oxygen atoms in total. The molecular weight excluding hydrogens is 328 g/mol. The van der Waals surface area contributed by atoms with Crippen LogP contribution in [0.2, 0.25) is 4.34 Å². The van der Waals surface area contributed by atoms with Crippen molar-refractivity contribution in [2.45, 2.75) is 19.4 Å². The molecule has 0 atom stereocenters. The highest BCUT2D eigenvalue weighted by atomic mass is 35.5. The van der Waals surface area contributed by atoms with E-state index in [0.717, 1.165) is 11.3 Å². The zero-order chi connectivity index (χ0) is 16.3. The molecule has 0 bridgehead atoms. The van der Waals surface area contributed by atoms with E-state index in [1.807, 2.05) is 0 Å². The second-order valence-electron chi connectivity index (χ2n) is 4.87. The van der Waals surface area contributed by atoms with E-state index in [4.69, 9.17) is 21.4 Å². The van der Waals surface area contributed by atoms with E-state index >= 15 is 0 Å². The van der Waals surface area contributed by atoms with Gasteiger partial charge in [-0.15, -0.1) is 0 Å². The maximum Gasteiger partial charge on any atom is 0.335 e. The van der Waals surface area contributed by atoms with Gasteiger partial charge in [-0.05, 0) is 32.0 Å². The van der Waals surface area contributed by atoms with Crippen LogP contribution in [0.25, 0.3) is 0 Å². The Labute approximate surface area is 135 Å². The number of thiazole rings is 1. The third-order valence-corrected chi connectivity index (χ3v) is 3.73. The Hall–Kier alpha value is -2.12. The molecule has 0 saturated carbocycles. The van der Waals surface area contributed by atoms with Crippen molar-refractivity contribution < 1.29 is 19.4 Å². The molecule has 22 heavy (non-hydrogen) atoms. The number of rotatable bonds is 5. The average Bonchev–Trinajstić information content (AvgIpc) is 2.83. The predicted molar refractivity (Wildman–Crippen MR) is 83.9 cm³/mol. The van der Waals surface area contributed by atoms with Crippen molar-refractivity contribution in [1.82, 2.24) is 4.98 Å². The highest BCUT2D eigenvalue weighted by molar-refractivity contribution is 7.19. The number of carbonyl (C=O) groups excluding carboxylic acids is 1. The molecule has 0 unspecified atom stereocenters.